The molecule has 1 nitrogen and oxygen atoms in total. The Morgan fingerprint density at radius 3 is 2.32 bits per heavy atom. The molecule has 0 bridgehead atoms. The third-order valence-electron chi connectivity index (χ3n) is 6.86. The third-order valence-corrected chi connectivity index (χ3v) is 6.86. The summed E-state index contributed by atoms with van der Waals surface area (Å²) >= 11 is 0. The second-order valence-electron chi connectivity index (χ2n) is 8.97. The van der Waals surface area contributed by atoms with Crippen LogP contribution in [0.15, 0.2) is 30.3 Å². The molecule has 1 aliphatic heterocycles. The normalized spacial score (nSPS) is 41.2. The molecule has 1 spiro atoms. The fourth-order valence-corrected chi connectivity index (χ4v) is 5.52. The van der Waals surface area contributed by atoms with Gasteiger partial charge in [0, 0.05) is 6.61 Å². The van der Waals surface area contributed by atoms with Crippen molar-refractivity contribution < 1.29 is 4.74 Å². The Balaban J connectivity index is 1.52. The monoisotopic (exact) mass is 298 g/mol. The van der Waals surface area contributed by atoms with E-state index < -0.39 is 0 Å². The summed E-state index contributed by atoms with van der Waals surface area (Å²) < 4.78 is 6.47. The SMILES string of the molecule is CC(C)(C)C1CCC2(CC1)OCC[C@H]1[C@@H](c3ccccc3)[C@H]12. The van der Waals surface area contributed by atoms with Crippen LogP contribution in [0, 0.1) is 23.2 Å². The Labute approximate surface area is 135 Å². The van der Waals surface area contributed by atoms with E-state index in [0.29, 0.717) is 5.41 Å². The van der Waals surface area contributed by atoms with Gasteiger partial charge in [0.1, 0.15) is 0 Å². The van der Waals surface area contributed by atoms with Gasteiger partial charge in [-0.1, -0.05) is 51.1 Å². The Hall–Kier alpha value is -0.820. The quantitative estimate of drug-likeness (QED) is 0.673. The molecule has 3 atom stereocenters. The molecule has 4 rings (SSSR count). The maximum Gasteiger partial charge on any atom is 0.0719 e. The standard InChI is InChI=1S/C21H30O/c1-20(2,3)16-9-12-21(13-10-16)19-17(11-14-22-21)18(19)15-7-5-4-6-8-15/h4-8,16-19H,9-14H2,1-3H3/t16?,17-,18+,19-,21?/m0/s1. The van der Waals surface area contributed by atoms with Gasteiger partial charge >= 0.3 is 0 Å². The zero-order chi connectivity index (χ0) is 15.4. The van der Waals surface area contributed by atoms with Crippen LogP contribution in [0.3, 0.4) is 0 Å². The zero-order valence-electron chi connectivity index (χ0n) is 14.3. The fraction of sp³-hybridized carbons (Fsp3) is 0.714. The molecular weight excluding hydrogens is 268 g/mol. The molecule has 0 N–H and O–H groups in total. The Morgan fingerprint density at radius 1 is 1.00 bits per heavy atom. The van der Waals surface area contributed by atoms with Crippen LogP contribution in [-0.4, -0.2) is 12.2 Å². The van der Waals surface area contributed by atoms with Crippen molar-refractivity contribution in [2.45, 2.75) is 64.4 Å². The van der Waals surface area contributed by atoms with Gasteiger partial charge in [-0.3, -0.25) is 0 Å². The van der Waals surface area contributed by atoms with E-state index in [9.17, 15) is 0 Å². The van der Waals surface area contributed by atoms with Gasteiger partial charge in [0.05, 0.1) is 5.60 Å². The maximum atomic E-state index is 6.47. The van der Waals surface area contributed by atoms with Crippen LogP contribution in [0.5, 0.6) is 0 Å². The average Bonchev–Trinajstić information content (AvgIpc) is 3.24. The molecule has 120 valence electrons. The van der Waals surface area contributed by atoms with Crippen LogP contribution in [0.2, 0.25) is 0 Å². The lowest BCUT2D eigenvalue weighted by molar-refractivity contribution is -0.123. The average molecular weight is 298 g/mol. The third kappa shape index (κ3) is 2.33. The second kappa shape index (κ2) is 5.09. The van der Waals surface area contributed by atoms with E-state index >= 15 is 0 Å². The van der Waals surface area contributed by atoms with Gasteiger partial charge in [0.25, 0.3) is 0 Å². The summed E-state index contributed by atoms with van der Waals surface area (Å²) in [7, 11) is 0. The number of hydrogen-bond donors (Lipinski definition) is 0. The molecular formula is C21H30O. The minimum absolute atomic E-state index is 0.213. The van der Waals surface area contributed by atoms with Crippen molar-refractivity contribution in [1.29, 1.82) is 0 Å². The van der Waals surface area contributed by atoms with Crippen LogP contribution >= 0.6 is 0 Å². The minimum Gasteiger partial charge on any atom is -0.375 e. The number of rotatable bonds is 1. The lowest BCUT2D eigenvalue weighted by atomic mass is 9.66. The van der Waals surface area contributed by atoms with Crippen molar-refractivity contribution in [3.63, 3.8) is 0 Å². The van der Waals surface area contributed by atoms with Crippen LogP contribution < -0.4 is 0 Å². The van der Waals surface area contributed by atoms with E-state index in [0.717, 1.165) is 30.3 Å². The van der Waals surface area contributed by atoms with Gasteiger partial charge in [-0.15, -0.1) is 0 Å². The predicted octanol–water partition coefficient (Wildman–Crippen LogP) is 5.41. The minimum atomic E-state index is 0.213. The Bertz CT molecular complexity index is 519. The molecule has 1 aromatic carbocycles. The van der Waals surface area contributed by atoms with Crippen molar-refractivity contribution in [3.8, 4) is 0 Å². The summed E-state index contributed by atoms with van der Waals surface area (Å²) in [5.74, 6) is 3.33. The van der Waals surface area contributed by atoms with Crippen LogP contribution in [0.25, 0.3) is 0 Å². The van der Waals surface area contributed by atoms with E-state index in [1.165, 1.54) is 32.1 Å². The van der Waals surface area contributed by atoms with Gasteiger partial charge in [-0.25, -0.2) is 0 Å². The van der Waals surface area contributed by atoms with Crippen molar-refractivity contribution >= 4 is 0 Å². The second-order valence-corrected chi connectivity index (χ2v) is 8.97. The maximum absolute atomic E-state index is 6.47. The number of benzene rings is 1. The van der Waals surface area contributed by atoms with Crippen LogP contribution in [0.4, 0.5) is 0 Å². The Kier molecular flexibility index (Phi) is 3.41. The molecule has 2 saturated carbocycles. The molecule has 0 radical (unpaired) electrons. The molecule has 1 heterocycles. The smallest absolute Gasteiger partial charge is 0.0719 e. The molecule has 1 saturated heterocycles. The first-order valence-electron chi connectivity index (χ1n) is 9.20. The lowest BCUT2D eigenvalue weighted by Gasteiger charge is -2.46. The first kappa shape index (κ1) is 14.8. The first-order valence-corrected chi connectivity index (χ1v) is 9.20. The summed E-state index contributed by atoms with van der Waals surface area (Å²) in [6, 6.07) is 11.2. The Morgan fingerprint density at radius 2 is 1.68 bits per heavy atom. The fourth-order valence-electron chi connectivity index (χ4n) is 5.52. The van der Waals surface area contributed by atoms with Gasteiger partial charge in [0.15, 0.2) is 0 Å². The highest BCUT2D eigenvalue weighted by molar-refractivity contribution is 5.32. The van der Waals surface area contributed by atoms with Crippen molar-refractivity contribution in [2.24, 2.45) is 23.2 Å². The molecule has 0 unspecified atom stereocenters. The van der Waals surface area contributed by atoms with Gasteiger partial charge in [0.2, 0.25) is 0 Å². The highest BCUT2D eigenvalue weighted by Gasteiger charge is 2.64. The number of ether oxygens (including phenoxy) is 1. The van der Waals surface area contributed by atoms with E-state index in [4.69, 9.17) is 4.74 Å². The van der Waals surface area contributed by atoms with Gasteiger partial charge < -0.3 is 4.74 Å². The molecule has 1 heteroatoms. The number of fused-ring (bicyclic) bond motifs is 2. The van der Waals surface area contributed by atoms with Crippen molar-refractivity contribution in [1.82, 2.24) is 0 Å². The molecule has 0 aromatic heterocycles. The van der Waals surface area contributed by atoms with Crippen molar-refractivity contribution in [2.75, 3.05) is 6.61 Å². The lowest BCUT2D eigenvalue weighted by Crippen LogP contribution is -2.44. The summed E-state index contributed by atoms with van der Waals surface area (Å²) in [6.07, 6.45) is 6.57. The van der Waals surface area contributed by atoms with Gasteiger partial charge in [-0.2, -0.15) is 0 Å². The topological polar surface area (TPSA) is 9.23 Å². The zero-order valence-corrected chi connectivity index (χ0v) is 14.3. The molecule has 1 aromatic rings. The van der Waals surface area contributed by atoms with E-state index in [-0.39, 0.29) is 5.60 Å². The van der Waals surface area contributed by atoms with E-state index in [2.05, 4.69) is 51.1 Å². The summed E-state index contributed by atoms with van der Waals surface area (Å²) in [6.45, 7) is 8.21. The van der Waals surface area contributed by atoms with Gasteiger partial charge in [-0.05, 0) is 66.8 Å². The highest BCUT2D eigenvalue weighted by Crippen LogP contribution is 2.67. The van der Waals surface area contributed by atoms with Crippen LogP contribution in [0.1, 0.15) is 64.4 Å². The van der Waals surface area contributed by atoms with E-state index in [1.807, 2.05) is 0 Å². The first-order chi connectivity index (χ1) is 10.5. The molecule has 0 amide bonds. The van der Waals surface area contributed by atoms with Crippen molar-refractivity contribution in [3.05, 3.63) is 35.9 Å². The predicted molar refractivity (Wildman–Crippen MR) is 90.9 cm³/mol. The van der Waals surface area contributed by atoms with E-state index in [1.54, 1.807) is 5.56 Å². The summed E-state index contributed by atoms with van der Waals surface area (Å²) in [4.78, 5) is 0. The molecule has 3 fully saturated rings. The number of hydrogen-bond acceptors (Lipinski definition) is 1. The van der Waals surface area contributed by atoms with Crippen LogP contribution in [-0.2, 0) is 4.74 Å². The molecule has 3 aliphatic rings. The summed E-state index contributed by atoms with van der Waals surface area (Å²) in [5.41, 5.74) is 2.23. The molecule has 2 aliphatic carbocycles. The largest absolute Gasteiger partial charge is 0.375 e. The summed E-state index contributed by atoms with van der Waals surface area (Å²) in [5, 5.41) is 0. The highest BCUT2D eigenvalue weighted by atomic mass is 16.5. The molecule has 22 heavy (non-hydrogen) atoms.